The summed E-state index contributed by atoms with van der Waals surface area (Å²) in [5, 5.41) is 2.03. The maximum atomic E-state index is 13.1. The highest BCUT2D eigenvalue weighted by molar-refractivity contribution is 6.07. The van der Waals surface area contributed by atoms with E-state index in [0.717, 1.165) is 22.8 Å². The Labute approximate surface area is 158 Å². The normalized spacial score (nSPS) is 14.8. The van der Waals surface area contributed by atoms with Gasteiger partial charge in [-0.05, 0) is 35.4 Å². The lowest BCUT2D eigenvalue weighted by Crippen LogP contribution is -2.37. The van der Waals surface area contributed by atoms with Crippen LogP contribution in [-0.4, -0.2) is 52.8 Å². The maximum Gasteiger partial charge on any atom is 0.254 e. The van der Waals surface area contributed by atoms with Gasteiger partial charge < -0.3 is 9.80 Å². The largest absolute Gasteiger partial charge is 0.337 e. The molecule has 1 aliphatic rings. The Morgan fingerprint density at radius 3 is 2.19 bits per heavy atom. The molecule has 0 unspecified atom stereocenters. The van der Waals surface area contributed by atoms with Gasteiger partial charge in [0.05, 0.1) is 0 Å². The van der Waals surface area contributed by atoms with Gasteiger partial charge in [-0.2, -0.15) is 0 Å². The Balaban J connectivity index is 1.51. The third-order valence-electron chi connectivity index (χ3n) is 5.02. The van der Waals surface area contributed by atoms with Crippen LogP contribution < -0.4 is 0 Å². The minimum atomic E-state index is -0.00291. The molecule has 1 saturated heterocycles. The second-order valence-electron chi connectivity index (χ2n) is 6.70. The van der Waals surface area contributed by atoms with E-state index in [2.05, 4.69) is 4.98 Å². The molecule has 136 valence electrons. The van der Waals surface area contributed by atoms with Crippen molar-refractivity contribution < 1.29 is 9.59 Å². The van der Waals surface area contributed by atoms with Gasteiger partial charge in [0, 0.05) is 49.7 Å². The standard InChI is InChI=1S/C22H21N3O2/c26-21(18-9-11-23-12-10-18)24-13-4-14-25(16-15-24)22(27)20-8-3-6-17-5-1-2-7-19(17)20/h1-3,5-12H,4,13-16H2. The Hall–Kier alpha value is -3.21. The first kappa shape index (κ1) is 17.2. The van der Waals surface area contributed by atoms with Gasteiger partial charge in [-0.15, -0.1) is 0 Å². The van der Waals surface area contributed by atoms with Gasteiger partial charge in [0.2, 0.25) is 0 Å². The van der Waals surface area contributed by atoms with E-state index in [1.165, 1.54) is 0 Å². The monoisotopic (exact) mass is 359 g/mol. The van der Waals surface area contributed by atoms with Gasteiger partial charge in [-0.3, -0.25) is 14.6 Å². The van der Waals surface area contributed by atoms with Crippen molar-refractivity contribution >= 4 is 22.6 Å². The zero-order valence-electron chi connectivity index (χ0n) is 15.0. The first-order valence-electron chi connectivity index (χ1n) is 9.20. The highest BCUT2D eigenvalue weighted by Gasteiger charge is 2.24. The van der Waals surface area contributed by atoms with Crippen LogP contribution in [0, 0.1) is 0 Å². The summed E-state index contributed by atoms with van der Waals surface area (Å²) < 4.78 is 0. The van der Waals surface area contributed by atoms with Gasteiger partial charge in [-0.1, -0.05) is 36.4 Å². The number of benzene rings is 2. The van der Waals surface area contributed by atoms with Crippen LogP contribution in [0.1, 0.15) is 27.1 Å². The number of aromatic nitrogens is 1. The Bertz CT molecular complexity index is 966. The van der Waals surface area contributed by atoms with E-state index in [-0.39, 0.29) is 11.8 Å². The average Bonchev–Trinajstić information content (AvgIpc) is 2.99. The fourth-order valence-corrected chi connectivity index (χ4v) is 3.58. The number of carbonyl (C=O) groups excluding carboxylic acids is 2. The van der Waals surface area contributed by atoms with E-state index in [1.54, 1.807) is 24.5 Å². The van der Waals surface area contributed by atoms with Crippen LogP contribution in [0.3, 0.4) is 0 Å². The number of pyridine rings is 1. The van der Waals surface area contributed by atoms with E-state index < -0.39 is 0 Å². The van der Waals surface area contributed by atoms with Crippen molar-refractivity contribution in [3.8, 4) is 0 Å². The molecule has 2 aromatic carbocycles. The smallest absolute Gasteiger partial charge is 0.254 e. The van der Waals surface area contributed by atoms with Crippen LogP contribution in [0.4, 0.5) is 0 Å². The van der Waals surface area contributed by atoms with Crippen LogP contribution in [0.2, 0.25) is 0 Å². The molecule has 5 nitrogen and oxygen atoms in total. The molecule has 1 fully saturated rings. The summed E-state index contributed by atoms with van der Waals surface area (Å²) in [6.07, 6.45) is 4.02. The summed E-state index contributed by atoms with van der Waals surface area (Å²) in [6, 6.07) is 17.2. The molecule has 2 heterocycles. The van der Waals surface area contributed by atoms with Crippen molar-refractivity contribution in [1.82, 2.24) is 14.8 Å². The lowest BCUT2D eigenvalue weighted by atomic mass is 10.0. The lowest BCUT2D eigenvalue weighted by Gasteiger charge is -2.23. The van der Waals surface area contributed by atoms with Crippen molar-refractivity contribution in [2.45, 2.75) is 6.42 Å². The molecule has 0 saturated carbocycles. The predicted octanol–water partition coefficient (Wildman–Crippen LogP) is 3.22. The fraction of sp³-hybridized carbons (Fsp3) is 0.227. The number of carbonyl (C=O) groups is 2. The Kier molecular flexibility index (Phi) is 4.83. The molecule has 1 aliphatic heterocycles. The molecular weight excluding hydrogens is 338 g/mol. The summed E-state index contributed by atoms with van der Waals surface area (Å²) in [5.41, 5.74) is 1.36. The molecule has 0 radical (unpaired) electrons. The zero-order chi connectivity index (χ0) is 18.6. The van der Waals surface area contributed by atoms with Crippen molar-refractivity contribution in [3.63, 3.8) is 0 Å². The molecule has 0 N–H and O–H groups in total. The van der Waals surface area contributed by atoms with E-state index in [1.807, 2.05) is 52.3 Å². The molecule has 0 atom stereocenters. The molecule has 27 heavy (non-hydrogen) atoms. The molecule has 4 rings (SSSR count). The van der Waals surface area contributed by atoms with Gasteiger partial charge >= 0.3 is 0 Å². The summed E-state index contributed by atoms with van der Waals surface area (Å²) >= 11 is 0. The highest BCUT2D eigenvalue weighted by Crippen LogP contribution is 2.21. The number of fused-ring (bicyclic) bond motifs is 1. The minimum absolute atomic E-state index is 0.00291. The number of hydrogen-bond donors (Lipinski definition) is 0. The number of amides is 2. The van der Waals surface area contributed by atoms with Crippen molar-refractivity contribution in [2.75, 3.05) is 26.2 Å². The summed E-state index contributed by atoms with van der Waals surface area (Å²) in [6.45, 7) is 2.39. The van der Waals surface area contributed by atoms with Crippen molar-refractivity contribution in [3.05, 3.63) is 78.1 Å². The second kappa shape index (κ2) is 7.58. The molecule has 0 spiro atoms. The van der Waals surface area contributed by atoms with Crippen LogP contribution in [0.5, 0.6) is 0 Å². The third-order valence-corrected chi connectivity index (χ3v) is 5.02. The second-order valence-corrected chi connectivity index (χ2v) is 6.70. The van der Waals surface area contributed by atoms with E-state index >= 15 is 0 Å². The van der Waals surface area contributed by atoms with Crippen LogP contribution >= 0.6 is 0 Å². The zero-order valence-corrected chi connectivity index (χ0v) is 15.0. The number of rotatable bonds is 2. The maximum absolute atomic E-state index is 13.1. The van der Waals surface area contributed by atoms with Crippen LogP contribution in [0.25, 0.3) is 10.8 Å². The summed E-state index contributed by atoms with van der Waals surface area (Å²) in [4.78, 5) is 33.4. The first-order chi connectivity index (χ1) is 13.2. The Morgan fingerprint density at radius 2 is 1.41 bits per heavy atom. The fourth-order valence-electron chi connectivity index (χ4n) is 3.58. The van der Waals surface area contributed by atoms with E-state index in [9.17, 15) is 9.59 Å². The Morgan fingerprint density at radius 1 is 0.741 bits per heavy atom. The van der Waals surface area contributed by atoms with Gasteiger partial charge in [0.1, 0.15) is 0 Å². The van der Waals surface area contributed by atoms with Crippen molar-refractivity contribution in [2.24, 2.45) is 0 Å². The SMILES string of the molecule is O=C(c1ccncc1)N1CCCN(C(=O)c2cccc3ccccc23)CC1. The molecule has 3 aromatic rings. The molecule has 2 amide bonds. The summed E-state index contributed by atoms with van der Waals surface area (Å²) in [7, 11) is 0. The van der Waals surface area contributed by atoms with E-state index in [4.69, 9.17) is 0 Å². The average molecular weight is 359 g/mol. The van der Waals surface area contributed by atoms with Crippen LogP contribution in [0.15, 0.2) is 67.0 Å². The predicted molar refractivity (Wildman–Crippen MR) is 105 cm³/mol. The van der Waals surface area contributed by atoms with Crippen molar-refractivity contribution in [1.29, 1.82) is 0 Å². The molecule has 1 aromatic heterocycles. The van der Waals surface area contributed by atoms with Gasteiger partial charge in [0.15, 0.2) is 0 Å². The van der Waals surface area contributed by atoms with Gasteiger partial charge in [0.25, 0.3) is 11.8 Å². The number of hydrogen-bond acceptors (Lipinski definition) is 3. The molecule has 0 bridgehead atoms. The molecule has 0 aliphatic carbocycles. The topological polar surface area (TPSA) is 53.5 Å². The first-order valence-corrected chi connectivity index (χ1v) is 9.20. The van der Waals surface area contributed by atoms with E-state index in [0.29, 0.717) is 31.7 Å². The highest BCUT2D eigenvalue weighted by atomic mass is 16.2. The number of nitrogens with zero attached hydrogens (tertiary/aromatic N) is 3. The van der Waals surface area contributed by atoms with Crippen LogP contribution in [-0.2, 0) is 0 Å². The summed E-state index contributed by atoms with van der Waals surface area (Å²) in [5.74, 6) is 0.0295. The molecule has 5 heteroatoms. The lowest BCUT2D eigenvalue weighted by molar-refractivity contribution is 0.0719. The quantitative estimate of drug-likeness (QED) is 0.706. The third kappa shape index (κ3) is 3.53. The molecular formula is C22H21N3O2. The van der Waals surface area contributed by atoms with Gasteiger partial charge in [-0.25, -0.2) is 0 Å². The minimum Gasteiger partial charge on any atom is -0.337 e.